The van der Waals surface area contributed by atoms with Crippen LogP contribution in [0.1, 0.15) is 30.0 Å². The van der Waals surface area contributed by atoms with E-state index in [1.807, 2.05) is 27.7 Å². The van der Waals surface area contributed by atoms with E-state index in [0.717, 1.165) is 47.8 Å². The average Bonchev–Trinajstić information content (AvgIpc) is 3.30. The predicted molar refractivity (Wildman–Crippen MR) is 120 cm³/mol. The fraction of sp³-hybridized carbons (Fsp3) is 0.375. The van der Waals surface area contributed by atoms with Crippen molar-refractivity contribution in [3.8, 4) is 22.6 Å². The zero-order valence-corrected chi connectivity index (χ0v) is 17.8. The molecule has 0 amide bonds. The Bertz CT molecular complexity index is 1250. The molecule has 2 N–H and O–H groups in total. The van der Waals surface area contributed by atoms with Crippen molar-refractivity contribution in [2.24, 2.45) is 11.7 Å². The lowest BCUT2D eigenvalue weighted by atomic mass is 9.96. The van der Waals surface area contributed by atoms with Crippen molar-refractivity contribution in [2.75, 3.05) is 20.1 Å². The first-order chi connectivity index (χ1) is 15.2. The highest BCUT2D eigenvalue weighted by Gasteiger charge is 2.32. The van der Waals surface area contributed by atoms with E-state index in [9.17, 15) is 0 Å². The Kier molecular flexibility index (Phi) is 4.40. The summed E-state index contributed by atoms with van der Waals surface area (Å²) in [5.74, 6) is 1.51. The molecule has 1 unspecified atom stereocenters. The predicted octanol–water partition coefficient (Wildman–Crippen LogP) is 3.16. The fourth-order valence-electron chi connectivity index (χ4n) is 4.76. The van der Waals surface area contributed by atoms with Gasteiger partial charge in [-0.1, -0.05) is 12.1 Å². The van der Waals surface area contributed by atoms with Gasteiger partial charge in [-0.05, 0) is 49.4 Å². The molecular weight excluding hydrogens is 386 g/mol. The highest BCUT2D eigenvalue weighted by Crippen LogP contribution is 2.39. The van der Waals surface area contributed by atoms with Gasteiger partial charge < -0.3 is 10.6 Å². The Balaban J connectivity index is 1.43. The van der Waals surface area contributed by atoms with Gasteiger partial charge in [0.15, 0.2) is 0 Å². The summed E-state index contributed by atoms with van der Waals surface area (Å²) in [4.78, 5) is 12.0. The standard InChI is InChI=1S/C24H27N7/c1-29-8-6-16-2-5-18(10-19(16)14-29)21-11-23-26-7-9-30(23)24(28-21)20-13-27-31(15-20)22(12-25)17-3-4-17/h2,5,7,9-11,13,15,17,22H,3-4,6,8,12,14,25H2,1H3. The molecule has 0 spiro atoms. The summed E-state index contributed by atoms with van der Waals surface area (Å²) in [6, 6.07) is 9.07. The molecule has 0 radical (unpaired) electrons. The van der Waals surface area contributed by atoms with Crippen molar-refractivity contribution in [2.45, 2.75) is 31.8 Å². The summed E-state index contributed by atoms with van der Waals surface area (Å²) >= 11 is 0. The van der Waals surface area contributed by atoms with Crippen LogP contribution >= 0.6 is 0 Å². The van der Waals surface area contributed by atoms with Crippen LogP contribution in [0.5, 0.6) is 0 Å². The SMILES string of the molecule is CN1CCc2ccc(-c3cc4nccn4c(-c4cnn(C(CN)C5CC5)c4)n3)cc2C1. The summed E-state index contributed by atoms with van der Waals surface area (Å²) in [6.45, 7) is 2.71. The lowest BCUT2D eigenvalue weighted by molar-refractivity contribution is 0.313. The Morgan fingerprint density at radius 2 is 2.06 bits per heavy atom. The number of hydrogen-bond donors (Lipinski definition) is 1. The molecule has 158 valence electrons. The maximum Gasteiger partial charge on any atom is 0.149 e. The van der Waals surface area contributed by atoms with E-state index in [1.54, 1.807) is 0 Å². The Morgan fingerprint density at radius 1 is 1.16 bits per heavy atom. The second kappa shape index (κ2) is 7.28. The van der Waals surface area contributed by atoms with Crippen LogP contribution in [0.15, 0.2) is 49.1 Å². The minimum absolute atomic E-state index is 0.271. The van der Waals surface area contributed by atoms with E-state index in [4.69, 9.17) is 10.7 Å². The number of nitrogens with zero attached hydrogens (tertiary/aromatic N) is 6. The lowest BCUT2D eigenvalue weighted by Gasteiger charge is -2.25. The first-order valence-corrected chi connectivity index (χ1v) is 11.1. The molecule has 1 aliphatic heterocycles. The van der Waals surface area contributed by atoms with E-state index in [2.05, 4.69) is 52.5 Å². The zero-order chi connectivity index (χ0) is 20.9. The number of fused-ring (bicyclic) bond motifs is 2. The summed E-state index contributed by atoms with van der Waals surface area (Å²) in [6.07, 6.45) is 11.4. The van der Waals surface area contributed by atoms with Crippen molar-refractivity contribution < 1.29 is 0 Å². The zero-order valence-electron chi connectivity index (χ0n) is 17.8. The van der Waals surface area contributed by atoms with Gasteiger partial charge in [-0.15, -0.1) is 0 Å². The van der Waals surface area contributed by atoms with Gasteiger partial charge in [-0.2, -0.15) is 5.10 Å². The first kappa shape index (κ1) is 18.7. The number of benzene rings is 1. The third kappa shape index (κ3) is 3.34. The smallest absolute Gasteiger partial charge is 0.149 e. The molecule has 1 fully saturated rings. The normalized spacial score (nSPS) is 17.7. The first-order valence-electron chi connectivity index (χ1n) is 11.1. The molecule has 7 nitrogen and oxygen atoms in total. The molecule has 2 aliphatic rings. The number of nitrogens with two attached hydrogens (primary N) is 1. The minimum Gasteiger partial charge on any atom is -0.328 e. The molecule has 0 bridgehead atoms. The molecule has 7 heteroatoms. The van der Waals surface area contributed by atoms with Crippen molar-refractivity contribution in [1.29, 1.82) is 0 Å². The van der Waals surface area contributed by atoms with E-state index >= 15 is 0 Å². The maximum absolute atomic E-state index is 6.04. The second-order valence-electron chi connectivity index (χ2n) is 8.94. The van der Waals surface area contributed by atoms with Crippen LogP contribution in [0.4, 0.5) is 0 Å². The van der Waals surface area contributed by atoms with Crippen LogP contribution in [-0.2, 0) is 13.0 Å². The molecule has 4 aromatic rings. The van der Waals surface area contributed by atoms with E-state index in [-0.39, 0.29) is 6.04 Å². The summed E-state index contributed by atoms with van der Waals surface area (Å²) in [5, 5.41) is 4.64. The molecule has 4 heterocycles. The van der Waals surface area contributed by atoms with Gasteiger partial charge in [0.05, 0.1) is 23.5 Å². The van der Waals surface area contributed by atoms with Gasteiger partial charge in [0.25, 0.3) is 0 Å². The molecule has 1 aromatic carbocycles. The van der Waals surface area contributed by atoms with E-state index in [1.165, 1.54) is 24.0 Å². The van der Waals surface area contributed by atoms with Crippen LogP contribution in [-0.4, -0.2) is 49.2 Å². The van der Waals surface area contributed by atoms with Gasteiger partial charge >= 0.3 is 0 Å². The third-order valence-electron chi connectivity index (χ3n) is 6.70. The van der Waals surface area contributed by atoms with Gasteiger partial charge in [0.1, 0.15) is 11.5 Å². The highest BCUT2D eigenvalue weighted by molar-refractivity contribution is 5.69. The van der Waals surface area contributed by atoms with E-state index < -0.39 is 0 Å². The van der Waals surface area contributed by atoms with E-state index in [0.29, 0.717) is 12.5 Å². The summed E-state index contributed by atoms with van der Waals surface area (Å²) in [5.41, 5.74) is 12.8. The molecule has 6 rings (SSSR count). The summed E-state index contributed by atoms with van der Waals surface area (Å²) in [7, 11) is 2.18. The molecule has 1 atom stereocenters. The van der Waals surface area contributed by atoms with Crippen molar-refractivity contribution >= 4 is 5.65 Å². The van der Waals surface area contributed by atoms with Crippen molar-refractivity contribution in [3.05, 3.63) is 60.2 Å². The Hall–Kier alpha value is -3.03. The monoisotopic (exact) mass is 413 g/mol. The molecule has 3 aromatic heterocycles. The molecule has 0 saturated heterocycles. The van der Waals surface area contributed by atoms with Crippen molar-refractivity contribution in [3.63, 3.8) is 0 Å². The fourth-order valence-corrected chi connectivity index (χ4v) is 4.76. The number of rotatable bonds is 5. The highest BCUT2D eigenvalue weighted by atomic mass is 15.3. The summed E-state index contributed by atoms with van der Waals surface area (Å²) < 4.78 is 4.06. The van der Waals surface area contributed by atoms with Gasteiger partial charge in [0, 0.05) is 49.9 Å². The van der Waals surface area contributed by atoms with Crippen LogP contribution in [0, 0.1) is 5.92 Å². The largest absolute Gasteiger partial charge is 0.328 e. The van der Waals surface area contributed by atoms with Crippen LogP contribution in [0.25, 0.3) is 28.3 Å². The third-order valence-corrected chi connectivity index (χ3v) is 6.70. The number of aromatic nitrogens is 5. The van der Waals surface area contributed by atoms with Crippen LogP contribution in [0.3, 0.4) is 0 Å². The Labute approximate surface area is 181 Å². The van der Waals surface area contributed by atoms with Gasteiger partial charge in [-0.3, -0.25) is 9.08 Å². The maximum atomic E-state index is 6.04. The second-order valence-corrected chi connectivity index (χ2v) is 8.94. The average molecular weight is 414 g/mol. The number of likely N-dealkylation sites (N-methyl/N-ethyl adjacent to an activating group) is 1. The van der Waals surface area contributed by atoms with Gasteiger partial charge in [0.2, 0.25) is 0 Å². The van der Waals surface area contributed by atoms with Gasteiger partial charge in [-0.25, -0.2) is 9.97 Å². The number of imidazole rings is 1. The number of hydrogen-bond acceptors (Lipinski definition) is 5. The lowest BCUT2D eigenvalue weighted by Crippen LogP contribution is -2.26. The van der Waals surface area contributed by atoms with Crippen LogP contribution in [0.2, 0.25) is 0 Å². The topological polar surface area (TPSA) is 77.3 Å². The Morgan fingerprint density at radius 3 is 2.90 bits per heavy atom. The molecule has 1 saturated carbocycles. The molecule has 31 heavy (non-hydrogen) atoms. The molecule has 1 aliphatic carbocycles. The molecular formula is C24H27N7. The van der Waals surface area contributed by atoms with Crippen molar-refractivity contribution in [1.82, 2.24) is 29.0 Å². The van der Waals surface area contributed by atoms with Crippen LogP contribution < -0.4 is 5.73 Å². The quantitative estimate of drug-likeness (QED) is 0.544. The minimum atomic E-state index is 0.271.